The molecule has 0 radical (unpaired) electrons. The summed E-state index contributed by atoms with van der Waals surface area (Å²) in [7, 11) is 1.65. The lowest BCUT2D eigenvalue weighted by Gasteiger charge is -2.27. The molecule has 2 aliphatic rings. The standard InChI is InChI=1S/C19H22N2O4/c1-22-13-2-4-17-19(10-13)25-15(12-21-17)6-8-23-14-3-5-16-18(11-14)24-9-7-20-16/h2-5,10-11,15,20-21H,6-9,12H2,1H3. The van der Waals surface area contributed by atoms with E-state index in [0.717, 1.165) is 53.9 Å². The third-order valence-electron chi connectivity index (χ3n) is 4.34. The summed E-state index contributed by atoms with van der Waals surface area (Å²) >= 11 is 0. The number of fused-ring (bicyclic) bond motifs is 2. The van der Waals surface area contributed by atoms with Gasteiger partial charge in [-0.3, -0.25) is 0 Å². The molecule has 132 valence electrons. The minimum absolute atomic E-state index is 0.0650. The fourth-order valence-electron chi connectivity index (χ4n) is 2.99. The molecule has 1 atom stereocenters. The number of ether oxygens (including phenoxy) is 4. The Morgan fingerprint density at radius 2 is 1.84 bits per heavy atom. The molecule has 2 heterocycles. The maximum Gasteiger partial charge on any atom is 0.146 e. The zero-order chi connectivity index (χ0) is 17.1. The second-order valence-corrected chi connectivity index (χ2v) is 6.05. The Balaban J connectivity index is 1.32. The highest BCUT2D eigenvalue weighted by molar-refractivity contribution is 5.61. The molecular formula is C19H22N2O4. The fourth-order valence-corrected chi connectivity index (χ4v) is 2.99. The first-order valence-corrected chi connectivity index (χ1v) is 8.54. The topological polar surface area (TPSA) is 61.0 Å². The molecule has 2 N–H and O–H groups in total. The predicted molar refractivity (Wildman–Crippen MR) is 96.4 cm³/mol. The van der Waals surface area contributed by atoms with Crippen molar-refractivity contribution in [1.29, 1.82) is 0 Å². The van der Waals surface area contributed by atoms with Crippen molar-refractivity contribution in [3.63, 3.8) is 0 Å². The van der Waals surface area contributed by atoms with Crippen LogP contribution in [0, 0.1) is 0 Å². The zero-order valence-electron chi connectivity index (χ0n) is 14.2. The summed E-state index contributed by atoms with van der Waals surface area (Å²) in [6.45, 7) is 2.87. The Kier molecular flexibility index (Phi) is 4.41. The molecule has 0 aromatic heterocycles. The van der Waals surface area contributed by atoms with Crippen LogP contribution in [0.5, 0.6) is 23.0 Å². The van der Waals surface area contributed by atoms with Gasteiger partial charge in [0.2, 0.25) is 0 Å². The van der Waals surface area contributed by atoms with Crippen LogP contribution < -0.4 is 29.6 Å². The molecule has 25 heavy (non-hydrogen) atoms. The first-order valence-electron chi connectivity index (χ1n) is 8.54. The molecule has 0 saturated heterocycles. The number of rotatable bonds is 5. The minimum atomic E-state index is 0.0650. The summed E-state index contributed by atoms with van der Waals surface area (Å²) in [5.41, 5.74) is 2.02. The number of hydrogen-bond acceptors (Lipinski definition) is 6. The van der Waals surface area contributed by atoms with E-state index in [1.807, 2.05) is 36.4 Å². The summed E-state index contributed by atoms with van der Waals surface area (Å²) in [6.07, 6.45) is 0.856. The van der Waals surface area contributed by atoms with Gasteiger partial charge in [-0.1, -0.05) is 0 Å². The second kappa shape index (κ2) is 7.01. The van der Waals surface area contributed by atoms with Crippen LogP contribution in [0.3, 0.4) is 0 Å². The molecule has 6 heteroatoms. The van der Waals surface area contributed by atoms with Crippen molar-refractivity contribution in [2.24, 2.45) is 0 Å². The van der Waals surface area contributed by atoms with Gasteiger partial charge in [-0.2, -0.15) is 0 Å². The van der Waals surface area contributed by atoms with Gasteiger partial charge in [-0.25, -0.2) is 0 Å². The van der Waals surface area contributed by atoms with Crippen molar-refractivity contribution < 1.29 is 18.9 Å². The Labute approximate surface area is 147 Å². The van der Waals surface area contributed by atoms with E-state index in [1.54, 1.807) is 7.11 Å². The summed E-state index contributed by atoms with van der Waals surface area (Å²) in [5, 5.41) is 6.69. The summed E-state index contributed by atoms with van der Waals surface area (Å²) < 4.78 is 22.8. The van der Waals surface area contributed by atoms with Gasteiger partial charge in [0, 0.05) is 25.1 Å². The number of hydrogen-bond donors (Lipinski definition) is 2. The number of methoxy groups -OCH3 is 1. The van der Waals surface area contributed by atoms with E-state index in [4.69, 9.17) is 18.9 Å². The van der Waals surface area contributed by atoms with Crippen molar-refractivity contribution in [1.82, 2.24) is 0 Å². The molecule has 4 rings (SSSR count). The minimum Gasteiger partial charge on any atom is -0.497 e. The van der Waals surface area contributed by atoms with Gasteiger partial charge in [0.05, 0.1) is 31.6 Å². The van der Waals surface area contributed by atoms with Crippen LogP contribution >= 0.6 is 0 Å². The van der Waals surface area contributed by atoms with Gasteiger partial charge in [0.25, 0.3) is 0 Å². The van der Waals surface area contributed by atoms with E-state index in [9.17, 15) is 0 Å². The van der Waals surface area contributed by atoms with Crippen LogP contribution in [-0.2, 0) is 0 Å². The highest BCUT2D eigenvalue weighted by Gasteiger charge is 2.20. The molecule has 0 bridgehead atoms. The molecule has 1 unspecified atom stereocenters. The van der Waals surface area contributed by atoms with Gasteiger partial charge < -0.3 is 29.6 Å². The summed E-state index contributed by atoms with van der Waals surface area (Å²) in [4.78, 5) is 0. The third kappa shape index (κ3) is 3.52. The molecule has 2 aromatic carbocycles. The second-order valence-electron chi connectivity index (χ2n) is 6.05. The lowest BCUT2D eigenvalue weighted by molar-refractivity contribution is 0.164. The highest BCUT2D eigenvalue weighted by atomic mass is 16.5. The molecule has 0 spiro atoms. The van der Waals surface area contributed by atoms with E-state index in [0.29, 0.717) is 13.2 Å². The Morgan fingerprint density at radius 1 is 1.04 bits per heavy atom. The number of anilines is 2. The molecule has 0 aliphatic carbocycles. The molecule has 2 aliphatic heterocycles. The van der Waals surface area contributed by atoms with Crippen molar-refractivity contribution in [3.8, 4) is 23.0 Å². The van der Waals surface area contributed by atoms with E-state index in [1.165, 1.54) is 0 Å². The van der Waals surface area contributed by atoms with Crippen molar-refractivity contribution in [2.45, 2.75) is 12.5 Å². The third-order valence-corrected chi connectivity index (χ3v) is 4.34. The van der Waals surface area contributed by atoms with Crippen LogP contribution in [0.2, 0.25) is 0 Å². The normalized spacial score (nSPS) is 17.7. The average Bonchev–Trinajstić information content (AvgIpc) is 2.67. The summed E-state index contributed by atoms with van der Waals surface area (Å²) in [6, 6.07) is 11.7. The van der Waals surface area contributed by atoms with Crippen LogP contribution in [-0.4, -0.2) is 39.5 Å². The smallest absolute Gasteiger partial charge is 0.146 e. The van der Waals surface area contributed by atoms with E-state index in [-0.39, 0.29) is 6.10 Å². The van der Waals surface area contributed by atoms with Gasteiger partial charge in [-0.05, 0) is 24.3 Å². The van der Waals surface area contributed by atoms with Gasteiger partial charge in [-0.15, -0.1) is 0 Å². The molecule has 0 saturated carbocycles. The lowest BCUT2D eigenvalue weighted by atomic mass is 10.2. The van der Waals surface area contributed by atoms with E-state index < -0.39 is 0 Å². The zero-order valence-corrected chi connectivity index (χ0v) is 14.2. The van der Waals surface area contributed by atoms with E-state index >= 15 is 0 Å². The van der Waals surface area contributed by atoms with Gasteiger partial charge in [0.1, 0.15) is 35.7 Å². The number of nitrogens with one attached hydrogen (secondary N) is 2. The first kappa shape index (κ1) is 15.7. The first-order chi connectivity index (χ1) is 12.3. The predicted octanol–water partition coefficient (Wildman–Crippen LogP) is 3.14. The maximum atomic E-state index is 6.05. The monoisotopic (exact) mass is 342 g/mol. The largest absolute Gasteiger partial charge is 0.497 e. The van der Waals surface area contributed by atoms with E-state index in [2.05, 4.69) is 10.6 Å². The number of benzene rings is 2. The van der Waals surface area contributed by atoms with Crippen molar-refractivity contribution >= 4 is 11.4 Å². The Bertz CT molecular complexity index is 750. The van der Waals surface area contributed by atoms with Crippen LogP contribution in [0.1, 0.15) is 6.42 Å². The average molecular weight is 342 g/mol. The molecule has 0 fully saturated rings. The van der Waals surface area contributed by atoms with Crippen LogP contribution in [0.15, 0.2) is 36.4 Å². The molecule has 2 aromatic rings. The van der Waals surface area contributed by atoms with Gasteiger partial charge >= 0.3 is 0 Å². The Morgan fingerprint density at radius 3 is 2.72 bits per heavy atom. The summed E-state index contributed by atoms with van der Waals surface area (Å²) in [5.74, 6) is 3.28. The fraction of sp³-hybridized carbons (Fsp3) is 0.368. The maximum absolute atomic E-state index is 6.05. The molecule has 0 amide bonds. The quantitative estimate of drug-likeness (QED) is 0.870. The molecular weight excluding hydrogens is 320 g/mol. The van der Waals surface area contributed by atoms with Crippen molar-refractivity contribution in [2.75, 3.05) is 44.0 Å². The highest BCUT2D eigenvalue weighted by Crippen LogP contribution is 2.34. The van der Waals surface area contributed by atoms with Crippen molar-refractivity contribution in [3.05, 3.63) is 36.4 Å². The molecule has 6 nitrogen and oxygen atoms in total. The van der Waals surface area contributed by atoms with Crippen LogP contribution in [0.25, 0.3) is 0 Å². The Hall–Kier alpha value is -2.76. The lowest BCUT2D eigenvalue weighted by Crippen LogP contribution is -2.32. The van der Waals surface area contributed by atoms with Crippen LogP contribution in [0.4, 0.5) is 11.4 Å². The van der Waals surface area contributed by atoms with Gasteiger partial charge in [0.15, 0.2) is 0 Å². The SMILES string of the molecule is COc1ccc2c(c1)OC(CCOc1ccc3c(c1)OCCN3)CN2.